The average Bonchev–Trinajstić information content (AvgIpc) is 3.28. The molecule has 8 heteroatoms. The zero-order valence-corrected chi connectivity index (χ0v) is 19.2. The van der Waals surface area contributed by atoms with Crippen LogP contribution in [0.15, 0.2) is 63.8 Å². The molecular formula is C26H20ClNO6. The van der Waals surface area contributed by atoms with Crippen molar-refractivity contribution in [1.29, 1.82) is 0 Å². The summed E-state index contributed by atoms with van der Waals surface area (Å²) in [4.78, 5) is 25.7. The molecule has 34 heavy (non-hydrogen) atoms. The maximum atomic E-state index is 13.3. The van der Waals surface area contributed by atoms with E-state index in [1.807, 2.05) is 6.07 Å². The molecule has 5 rings (SSSR count). The van der Waals surface area contributed by atoms with Crippen molar-refractivity contribution in [3.05, 3.63) is 81.2 Å². The first-order valence-electron chi connectivity index (χ1n) is 10.6. The summed E-state index contributed by atoms with van der Waals surface area (Å²) in [5.41, 5.74) is 2.47. The first kappa shape index (κ1) is 21.9. The van der Waals surface area contributed by atoms with Gasteiger partial charge in [-0.1, -0.05) is 29.8 Å². The van der Waals surface area contributed by atoms with Gasteiger partial charge in [0, 0.05) is 27.9 Å². The number of anilines is 1. The first-order chi connectivity index (χ1) is 16.4. The second-order valence-corrected chi connectivity index (χ2v) is 8.22. The number of aryl methyl sites for hydroxylation is 2. The molecule has 0 radical (unpaired) electrons. The summed E-state index contributed by atoms with van der Waals surface area (Å²) in [7, 11) is 0. The van der Waals surface area contributed by atoms with Gasteiger partial charge in [-0.3, -0.25) is 9.59 Å². The van der Waals surface area contributed by atoms with Crippen LogP contribution in [0.1, 0.15) is 11.3 Å². The Hall–Kier alpha value is -3.97. The monoisotopic (exact) mass is 477 g/mol. The van der Waals surface area contributed by atoms with Crippen molar-refractivity contribution in [2.45, 2.75) is 13.8 Å². The zero-order valence-electron chi connectivity index (χ0n) is 18.4. The summed E-state index contributed by atoms with van der Waals surface area (Å²) in [5.74, 6) is 1.76. The fourth-order valence-corrected chi connectivity index (χ4v) is 4.16. The SMILES string of the molecule is Cc1oc2c(C)c(OCC(=O)Nc3ccc4c(c3)OCO4)ccc2c(=O)c1-c1ccccc1Cl. The number of nitrogens with one attached hydrogen (secondary N) is 1. The molecular weight excluding hydrogens is 458 g/mol. The van der Waals surface area contributed by atoms with E-state index in [1.165, 1.54) is 0 Å². The molecule has 0 unspecified atom stereocenters. The van der Waals surface area contributed by atoms with E-state index in [0.29, 0.717) is 61.4 Å². The third-order valence-corrected chi connectivity index (χ3v) is 5.92. The smallest absolute Gasteiger partial charge is 0.262 e. The highest BCUT2D eigenvalue weighted by molar-refractivity contribution is 6.33. The number of amides is 1. The summed E-state index contributed by atoms with van der Waals surface area (Å²) in [6, 6.07) is 15.6. The molecule has 1 amide bonds. The number of halogens is 1. The maximum absolute atomic E-state index is 13.3. The van der Waals surface area contributed by atoms with Gasteiger partial charge in [0.25, 0.3) is 5.91 Å². The molecule has 0 saturated carbocycles. The predicted molar refractivity (Wildman–Crippen MR) is 129 cm³/mol. The number of carbonyl (C=O) groups is 1. The molecule has 0 spiro atoms. The molecule has 0 bridgehead atoms. The van der Waals surface area contributed by atoms with E-state index in [-0.39, 0.29) is 24.7 Å². The number of rotatable bonds is 5. The van der Waals surface area contributed by atoms with Gasteiger partial charge in [0.05, 0.1) is 10.9 Å². The molecule has 1 aliphatic heterocycles. The van der Waals surface area contributed by atoms with Crippen LogP contribution in [-0.2, 0) is 4.79 Å². The Morgan fingerprint density at radius 2 is 1.85 bits per heavy atom. The quantitative estimate of drug-likeness (QED) is 0.410. The van der Waals surface area contributed by atoms with Crippen molar-refractivity contribution < 1.29 is 23.4 Å². The molecule has 1 aromatic heterocycles. The average molecular weight is 478 g/mol. The predicted octanol–water partition coefficient (Wildman–Crippen LogP) is 5.48. The topological polar surface area (TPSA) is 87.0 Å². The van der Waals surface area contributed by atoms with Crippen LogP contribution >= 0.6 is 11.6 Å². The molecule has 4 aromatic rings. The third kappa shape index (κ3) is 3.95. The standard InChI is InChI=1S/C26H20ClNO6/c1-14-20(31-12-23(29)28-16-7-9-21-22(11-16)33-13-32-21)10-8-18-25(30)24(15(2)34-26(14)18)17-5-3-4-6-19(17)27/h3-11H,12-13H2,1-2H3,(H,28,29). The van der Waals surface area contributed by atoms with Crippen molar-refractivity contribution in [3.63, 3.8) is 0 Å². The van der Waals surface area contributed by atoms with Crippen LogP contribution in [0, 0.1) is 13.8 Å². The Balaban J connectivity index is 1.38. The van der Waals surface area contributed by atoms with Gasteiger partial charge in [0.2, 0.25) is 12.2 Å². The van der Waals surface area contributed by atoms with Crippen LogP contribution in [-0.4, -0.2) is 19.3 Å². The maximum Gasteiger partial charge on any atom is 0.262 e. The van der Waals surface area contributed by atoms with Crippen LogP contribution < -0.4 is 25.0 Å². The van der Waals surface area contributed by atoms with E-state index in [9.17, 15) is 9.59 Å². The summed E-state index contributed by atoms with van der Waals surface area (Å²) >= 11 is 6.32. The normalized spacial score (nSPS) is 12.1. The van der Waals surface area contributed by atoms with E-state index < -0.39 is 0 Å². The summed E-state index contributed by atoms with van der Waals surface area (Å²) in [5, 5.41) is 3.65. The van der Waals surface area contributed by atoms with Crippen LogP contribution in [0.3, 0.4) is 0 Å². The van der Waals surface area contributed by atoms with Gasteiger partial charge in [-0.15, -0.1) is 0 Å². The lowest BCUT2D eigenvalue weighted by atomic mass is 10.0. The number of hydrogen-bond donors (Lipinski definition) is 1. The van der Waals surface area contributed by atoms with Crippen molar-refractivity contribution in [2.24, 2.45) is 0 Å². The molecule has 0 aliphatic carbocycles. The fourth-order valence-electron chi connectivity index (χ4n) is 3.93. The van der Waals surface area contributed by atoms with Crippen molar-refractivity contribution in [1.82, 2.24) is 0 Å². The van der Waals surface area contributed by atoms with E-state index in [0.717, 1.165) is 0 Å². The van der Waals surface area contributed by atoms with E-state index in [4.69, 9.17) is 30.2 Å². The summed E-state index contributed by atoms with van der Waals surface area (Å²) in [6.07, 6.45) is 0. The second-order valence-electron chi connectivity index (χ2n) is 7.81. The van der Waals surface area contributed by atoms with E-state index in [1.54, 1.807) is 62.4 Å². The van der Waals surface area contributed by atoms with Gasteiger partial charge in [0.15, 0.2) is 18.1 Å². The van der Waals surface area contributed by atoms with Gasteiger partial charge in [-0.2, -0.15) is 0 Å². The lowest BCUT2D eigenvalue weighted by Gasteiger charge is -2.13. The van der Waals surface area contributed by atoms with Crippen LogP contribution in [0.4, 0.5) is 5.69 Å². The number of hydrogen-bond acceptors (Lipinski definition) is 6. The van der Waals surface area contributed by atoms with E-state index in [2.05, 4.69) is 5.32 Å². The first-order valence-corrected chi connectivity index (χ1v) is 10.9. The Morgan fingerprint density at radius 3 is 2.68 bits per heavy atom. The van der Waals surface area contributed by atoms with Crippen LogP contribution in [0.2, 0.25) is 5.02 Å². The van der Waals surface area contributed by atoms with Gasteiger partial charge in [-0.05, 0) is 44.2 Å². The van der Waals surface area contributed by atoms with Crippen LogP contribution in [0.25, 0.3) is 22.1 Å². The van der Waals surface area contributed by atoms with Gasteiger partial charge >= 0.3 is 0 Å². The molecule has 0 fully saturated rings. The zero-order chi connectivity index (χ0) is 23.8. The Labute approximate surface area is 199 Å². The minimum atomic E-state index is -0.343. The van der Waals surface area contributed by atoms with Crippen molar-refractivity contribution >= 4 is 34.2 Å². The minimum absolute atomic E-state index is 0.159. The molecule has 0 atom stereocenters. The summed E-state index contributed by atoms with van der Waals surface area (Å²) < 4.78 is 22.4. The van der Waals surface area contributed by atoms with Gasteiger partial charge in [-0.25, -0.2) is 0 Å². The number of carbonyl (C=O) groups excluding carboxylic acids is 1. The molecule has 0 saturated heterocycles. The van der Waals surface area contributed by atoms with Crippen LogP contribution in [0.5, 0.6) is 17.2 Å². The second kappa shape index (κ2) is 8.76. The molecule has 3 aromatic carbocycles. The molecule has 1 aliphatic rings. The molecule has 172 valence electrons. The van der Waals surface area contributed by atoms with E-state index >= 15 is 0 Å². The molecule has 7 nitrogen and oxygen atoms in total. The fraction of sp³-hybridized carbons (Fsp3) is 0.154. The number of benzene rings is 3. The number of fused-ring (bicyclic) bond motifs is 2. The highest BCUT2D eigenvalue weighted by atomic mass is 35.5. The number of ether oxygens (including phenoxy) is 3. The highest BCUT2D eigenvalue weighted by Gasteiger charge is 2.19. The minimum Gasteiger partial charge on any atom is -0.483 e. The van der Waals surface area contributed by atoms with Crippen molar-refractivity contribution in [3.8, 4) is 28.4 Å². The Bertz CT molecular complexity index is 1490. The summed E-state index contributed by atoms with van der Waals surface area (Å²) in [6.45, 7) is 3.45. The Kier molecular flexibility index (Phi) is 5.63. The molecule has 1 N–H and O–H groups in total. The lowest BCUT2D eigenvalue weighted by Crippen LogP contribution is -2.20. The Morgan fingerprint density at radius 1 is 1.06 bits per heavy atom. The third-order valence-electron chi connectivity index (χ3n) is 5.59. The van der Waals surface area contributed by atoms with Gasteiger partial charge < -0.3 is 23.9 Å². The lowest BCUT2D eigenvalue weighted by molar-refractivity contribution is -0.118. The largest absolute Gasteiger partial charge is 0.483 e. The van der Waals surface area contributed by atoms with Crippen molar-refractivity contribution in [2.75, 3.05) is 18.7 Å². The highest BCUT2D eigenvalue weighted by Crippen LogP contribution is 2.35. The molecule has 2 heterocycles. The van der Waals surface area contributed by atoms with Gasteiger partial charge in [0.1, 0.15) is 17.1 Å².